The third-order valence-electron chi connectivity index (χ3n) is 2.88. The lowest BCUT2D eigenvalue weighted by molar-refractivity contribution is -0.143. The molecule has 0 radical (unpaired) electrons. The van der Waals surface area contributed by atoms with Crippen LogP contribution in [0.4, 0.5) is 26.3 Å². The maximum Gasteiger partial charge on any atom is 0.416 e. The fourth-order valence-corrected chi connectivity index (χ4v) is 1.83. The summed E-state index contributed by atoms with van der Waals surface area (Å²) >= 11 is 0. The van der Waals surface area contributed by atoms with Gasteiger partial charge in [0.25, 0.3) is 0 Å². The van der Waals surface area contributed by atoms with Crippen LogP contribution in [0.3, 0.4) is 0 Å². The molecular formula is C16H10F6. The van der Waals surface area contributed by atoms with Crippen LogP contribution in [0.25, 0.3) is 12.2 Å². The molecule has 116 valence electrons. The lowest BCUT2D eigenvalue weighted by Gasteiger charge is -2.12. The van der Waals surface area contributed by atoms with Gasteiger partial charge < -0.3 is 0 Å². The van der Waals surface area contributed by atoms with Gasteiger partial charge in [-0.3, -0.25) is 0 Å². The Balaban J connectivity index is 2.45. The average Bonchev–Trinajstić information content (AvgIpc) is 2.44. The molecule has 0 saturated heterocycles. The molecule has 0 saturated carbocycles. The molecule has 0 heterocycles. The first-order chi connectivity index (χ1) is 10.2. The molecule has 0 bridgehead atoms. The van der Waals surface area contributed by atoms with Gasteiger partial charge in [0.15, 0.2) is 0 Å². The maximum atomic E-state index is 12.7. The van der Waals surface area contributed by atoms with E-state index in [2.05, 4.69) is 0 Å². The molecule has 2 rings (SSSR count). The Morgan fingerprint density at radius 2 is 1.05 bits per heavy atom. The Labute approximate surface area is 122 Å². The van der Waals surface area contributed by atoms with Crippen molar-refractivity contribution in [3.8, 4) is 0 Å². The lowest BCUT2D eigenvalue weighted by Crippen LogP contribution is -2.11. The van der Waals surface area contributed by atoms with E-state index in [4.69, 9.17) is 0 Å². The molecule has 0 aliphatic carbocycles. The summed E-state index contributed by atoms with van der Waals surface area (Å²) in [6.07, 6.45) is -7.00. The molecule has 0 aromatic heterocycles. The highest BCUT2D eigenvalue weighted by Gasteiger charge is 2.36. The highest BCUT2D eigenvalue weighted by Crippen LogP contribution is 2.36. The zero-order valence-electron chi connectivity index (χ0n) is 11.0. The second-order valence-corrected chi connectivity index (χ2v) is 4.58. The van der Waals surface area contributed by atoms with Crippen molar-refractivity contribution >= 4 is 12.2 Å². The number of rotatable bonds is 2. The third kappa shape index (κ3) is 4.13. The zero-order chi connectivity index (χ0) is 16.4. The quantitative estimate of drug-likeness (QED) is 0.478. The van der Waals surface area contributed by atoms with Crippen molar-refractivity contribution in [3.05, 3.63) is 70.8 Å². The monoisotopic (exact) mass is 316 g/mol. The first-order valence-corrected chi connectivity index (χ1v) is 6.19. The number of alkyl halides is 6. The van der Waals surface area contributed by atoms with Crippen LogP contribution in [-0.2, 0) is 12.4 Å². The average molecular weight is 316 g/mol. The van der Waals surface area contributed by atoms with Crippen molar-refractivity contribution in [2.24, 2.45) is 0 Å². The number of hydrogen-bond donors (Lipinski definition) is 0. The maximum absolute atomic E-state index is 12.7. The van der Waals surface area contributed by atoms with Crippen molar-refractivity contribution < 1.29 is 26.3 Å². The molecule has 0 N–H and O–H groups in total. The van der Waals surface area contributed by atoms with Crippen LogP contribution in [0.1, 0.15) is 22.3 Å². The van der Waals surface area contributed by atoms with Gasteiger partial charge in [-0.25, -0.2) is 0 Å². The number of benzene rings is 2. The van der Waals surface area contributed by atoms with Gasteiger partial charge in [-0.05, 0) is 29.3 Å². The van der Waals surface area contributed by atoms with Gasteiger partial charge in [0, 0.05) is 0 Å². The normalized spacial score (nSPS) is 12.8. The summed E-state index contributed by atoms with van der Waals surface area (Å²) in [5.74, 6) is 0. The van der Waals surface area contributed by atoms with Gasteiger partial charge in [0.05, 0.1) is 11.1 Å². The standard InChI is InChI=1S/C16H10F6/c17-15(18,19)13-8-12(9-14(10-13)16(20,21)22)7-6-11-4-2-1-3-5-11/h1-10H. The molecular weight excluding hydrogens is 306 g/mol. The van der Waals surface area contributed by atoms with Crippen LogP contribution in [-0.4, -0.2) is 0 Å². The fraction of sp³-hybridized carbons (Fsp3) is 0.125. The molecule has 0 aliphatic heterocycles. The molecule has 0 atom stereocenters. The van der Waals surface area contributed by atoms with Crippen LogP contribution >= 0.6 is 0 Å². The summed E-state index contributed by atoms with van der Waals surface area (Å²) < 4.78 is 76.2. The van der Waals surface area contributed by atoms with Gasteiger partial charge in [0.1, 0.15) is 0 Å². The van der Waals surface area contributed by atoms with Crippen molar-refractivity contribution in [1.29, 1.82) is 0 Å². The van der Waals surface area contributed by atoms with Crippen molar-refractivity contribution in [2.45, 2.75) is 12.4 Å². The predicted molar refractivity (Wildman–Crippen MR) is 71.8 cm³/mol. The Morgan fingerprint density at radius 3 is 1.50 bits per heavy atom. The summed E-state index contributed by atoms with van der Waals surface area (Å²) in [5, 5.41) is 0. The van der Waals surface area contributed by atoms with Crippen LogP contribution < -0.4 is 0 Å². The lowest BCUT2D eigenvalue weighted by atomic mass is 10.0. The predicted octanol–water partition coefficient (Wildman–Crippen LogP) is 5.89. The van der Waals surface area contributed by atoms with Crippen molar-refractivity contribution in [2.75, 3.05) is 0 Å². The smallest absolute Gasteiger partial charge is 0.166 e. The molecule has 0 fully saturated rings. The van der Waals surface area contributed by atoms with E-state index in [0.717, 1.165) is 0 Å². The Bertz CT molecular complexity index is 633. The van der Waals surface area contributed by atoms with E-state index in [-0.39, 0.29) is 11.6 Å². The van der Waals surface area contributed by atoms with Crippen LogP contribution in [0.5, 0.6) is 0 Å². The highest BCUT2D eigenvalue weighted by atomic mass is 19.4. The molecule has 2 aromatic carbocycles. The molecule has 0 nitrogen and oxygen atoms in total. The van der Waals surface area contributed by atoms with E-state index < -0.39 is 23.5 Å². The second-order valence-electron chi connectivity index (χ2n) is 4.58. The van der Waals surface area contributed by atoms with E-state index in [1.165, 1.54) is 12.2 Å². The summed E-state index contributed by atoms with van der Waals surface area (Å²) in [6, 6.07) is 10.1. The van der Waals surface area contributed by atoms with Gasteiger partial charge >= 0.3 is 12.4 Å². The van der Waals surface area contributed by atoms with Crippen molar-refractivity contribution in [1.82, 2.24) is 0 Å². The van der Waals surface area contributed by atoms with E-state index in [1.54, 1.807) is 30.3 Å². The van der Waals surface area contributed by atoms with E-state index >= 15 is 0 Å². The minimum atomic E-state index is -4.84. The van der Waals surface area contributed by atoms with E-state index in [1.807, 2.05) is 0 Å². The molecule has 0 unspecified atom stereocenters. The molecule has 22 heavy (non-hydrogen) atoms. The summed E-state index contributed by atoms with van der Waals surface area (Å²) in [5.41, 5.74) is -2.13. The molecule has 0 spiro atoms. The van der Waals surface area contributed by atoms with E-state index in [0.29, 0.717) is 17.7 Å². The molecule has 0 aliphatic rings. The first kappa shape index (κ1) is 16.1. The molecule has 2 aromatic rings. The zero-order valence-corrected chi connectivity index (χ0v) is 11.0. The number of halogens is 6. The number of hydrogen-bond acceptors (Lipinski definition) is 0. The Hall–Kier alpha value is -2.24. The van der Waals surface area contributed by atoms with Crippen molar-refractivity contribution in [3.63, 3.8) is 0 Å². The summed E-state index contributed by atoms with van der Waals surface area (Å²) in [7, 11) is 0. The second kappa shape index (κ2) is 5.87. The fourth-order valence-electron chi connectivity index (χ4n) is 1.83. The van der Waals surface area contributed by atoms with Crippen LogP contribution in [0, 0.1) is 0 Å². The third-order valence-corrected chi connectivity index (χ3v) is 2.88. The SMILES string of the molecule is FC(F)(F)c1cc(C=Cc2ccccc2)cc(C(F)(F)F)c1. The molecule has 0 amide bonds. The van der Waals surface area contributed by atoms with Gasteiger partial charge in [-0.2, -0.15) is 26.3 Å². The first-order valence-electron chi connectivity index (χ1n) is 6.19. The summed E-state index contributed by atoms with van der Waals surface area (Å²) in [4.78, 5) is 0. The van der Waals surface area contributed by atoms with E-state index in [9.17, 15) is 26.3 Å². The Morgan fingerprint density at radius 1 is 0.591 bits per heavy atom. The molecule has 6 heteroatoms. The largest absolute Gasteiger partial charge is 0.416 e. The topological polar surface area (TPSA) is 0 Å². The highest BCUT2D eigenvalue weighted by molar-refractivity contribution is 5.70. The van der Waals surface area contributed by atoms with Gasteiger partial charge in [0.2, 0.25) is 0 Å². The minimum absolute atomic E-state index is 0.111. The minimum Gasteiger partial charge on any atom is -0.166 e. The van der Waals surface area contributed by atoms with Crippen LogP contribution in [0.2, 0.25) is 0 Å². The van der Waals surface area contributed by atoms with Gasteiger partial charge in [-0.1, -0.05) is 42.5 Å². The van der Waals surface area contributed by atoms with Crippen LogP contribution in [0.15, 0.2) is 48.5 Å². The summed E-state index contributed by atoms with van der Waals surface area (Å²) in [6.45, 7) is 0. The Kier molecular flexibility index (Phi) is 4.30. The van der Waals surface area contributed by atoms with Gasteiger partial charge in [-0.15, -0.1) is 0 Å².